The van der Waals surface area contributed by atoms with E-state index >= 15 is 0 Å². The molecule has 2 N–H and O–H groups in total. The lowest BCUT2D eigenvalue weighted by Crippen LogP contribution is -2.41. The fourth-order valence-electron chi connectivity index (χ4n) is 1.83. The van der Waals surface area contributed by atoms with E-state index in [4.69, 9.17) is 0 Å². The molecule has 0 aliphatic carbocycles. The first kappa shape index (κ1) is 16.0. The lowest BCUT2D eigenvalue weighted by atomic mass is 10.0. The zero-order chi connectivity index (χ0) is 14.3. The lowest BCUT2D eigenvalue weighted by molar-refractivity contribution is 0.489. The molecule has 108 valence electrons. The average molecular weight is 281 g/mol. The normalized spacial score (nSPS) is 13.7. The predicted octanol–water partition coefficient (Wildman–Crippen LogP) is 3.55. The highest BCUT2D eigenvalue weighted by Crippen LogP contribution is 2.14. The van der Waals surface area contributed by atoms with E-state index in [9.17, 15) is 0 Å². The van der Waals surface area contributed by atoms with Crippen molar-refractivity contribution in [3.05, 3.63) is 21.9 Å². The number of nitrogens with zero attached hydrogens (tertiary/aromatic N) is 1. The Morgan fingerprint density at radius 2 is 2.00 bits per heavy atom. The first-order valence-corrected chi connectivity index (χ1v) is 7.85. The molecule has 1 aromatic rings. The average Bonchev–Trinajstić information content (AvgIpc) is 2.77. The van der Waals surface area contributed by atoms with Gasteiger partial charge in [-0.3, -0.25) is 4.99 Å². The van der Waals surface area contributed by atoms with E-state index in [1.807, 2.05) is 18.4 Å². The highest BCUT2D eigenvalue weighted by molar-refractivity contribution is 7.11. The summed E-state index contributed by atoms with van der Waals surface area (Å²) < 4.78 is 0. The van der Waals surface area contributed by atoms with Crippen molar-refractivity contribution in [3.63, 3.8) is 0 Å². The van der Waals surface area contributed by atoms with Gasteiger partial charge >= 0.3 is 0 Å². The summed E-state index contributed by atoms with van der Waals surface area (Å²) in [5.41, 5.74) is 0. The van der Waals surface area contributed by atoms with Crippen molar-refractivity contribution < 1.29 is 0 Å². The van der Waals surface area contributed by atoms with Crippen LogP contribution in [0.1, 0.15) is 43.4 Å². The number of nitrogens with one attached hydrogen (secondary N) is 2. The maximum atomic E-state index is 4.28. The lowest BCUT2D eigenvalue weighted by Gasteiger charge is -2.18. The molecule has 0 spiro atoms. The van der Waals surface area contributed by atoms with Crippen LogP contribution < -0.4 is 10.6 Å². The van der Waals surface area contributed by atoms with Crippen LogP contribution >= 0.6 is 11.3 Å². The number of aliphatic imine (C=N–C) groups is 1. The summed E-state index contributed by atoms with van der Waals surface area (Å²) in [7, 11) is 1.82. The third-order valence-corrected chi connectivity index (χ3v) is 4.01. The van der Waals surface area contributed by atoms with Crippen LogP contribution in [-0.4, -0.2) is 19.0 Å². The van der Waals surface area contributed by atoms with Gasteiger partial charge < -0.3 is 10.6 Å². The monoisotopic (exact) mass is 281 g/mol. The molecule has 1 atom stereocenters. The summed E-state index contributed by atoms with van der Waals surface area (Å²) in [6.07, 6.45) is 2.42. The minimum absolute atomic E-state index is 0.457. The molecule has 0 saturated carbocycles. The molecule has 0 bridgehead atoms. The van der Waals surface area contributed by atoms with Crippen LogP contribution in [0.15, 0.2) is 17.1 Å². The Morgan fingerprint density at radius 1 is 1.26 bits per heavy atom. The van der Waals surface area contributed by atoms with Gasteiger partial charge in [-0.1, -0.05) is 13.8 Å². The van der Waals surface area contributed by atoms with E-state index in [2.05, 4.69) is 55.5 Å². The smallest absolute Gasteiger partial charge is 0.191 e. The standard InChI is InChI=1S/C15H27N3S/c1-11(2)6-7-12(3)18-15(16-5)17-10-14-9-8-13(4)19-14/h8-9,11-12H,6-7,10H2,1-5H3,(H2,16,17,18). The number of hydrogen-bond acceptors (Lipinski definition) is 2. The molecule has 0 amide bonds. The molecule has 0 saturated heterocycles. The minimum Gasteiger partial charge on any atom is -0.354 e. The zero-order valence-corrected chi connectivity index (χ0v) is 13.6. The van der Waals surface area contributed by atoms with Crippen molar-refractivity contribution in [2.75, 3.05) is 7.05 Å². The van der Waals surface area contributed by atoms with Gasteiger partial charge in [-0.25, -0.2) is 0 Å². The zero-order valence-electron chi connectivity index (χ0n) is 12.8. The molecule has 0 aliphatic rings. The van der Waals surface area contributed by atoms with E-state index in [1.165, 1.54) is 22.6 Å². The van der Waals surface area contributed by atoms with E-state index in [-0.39, 0.29) is 0 Å². The van der Waals surface area contributed by atoms with Gasteiger partial charge in [-0.15, -0.1) is 11.3 Å². The molecule has 0 aliphatic heterocycles. The quantitative estimate of drug-likeness (QED) is 0.618. The van der Waals surface area contributed by atoms with Gasteiger partial charge in [-0.2, -0.15) is 0 Å². The second-order valence-electron chi connectivity index (χ2n) is 5.45. The molecule has 0 radical (unpaired) electrons. The van der Waals surface area contributed by atoms with Crippen molar-refractivity contribution in [1.82, 2.24) is 10.6 Å². The molecule has 3 nitrogen and oxygen atoms in total. The van der Waals surface area contributed by atoms with Crippen LogP contribution in [0.2, 0.25) is 0 Å². The SMILES string of the molecule is CN=C(NCc1ccc(C)s1)NC(C)CCC(C)C. The minimum atomic E-state index is 0.457. The largest absolute Gasteiger partial charge is 0.354 e. The molecule has 0 aromatic carbocycles. The van der Waals surface area contributed by atoms with Gasteiger partial charge in [-0.05, 0) is 44.7 Å². The summed E-state index contributed by atoms with van der Waals surface area (Å²) in [4.78, 5) is 6.97. The van der Waals surface area contributed by atoms with Crippen molar-refractivity contribution in [1.29, 1.82) is 0 Å². The molecular weight excluding hydrogens is 254 g/mol. The van der Waals surface area contributed by atoms with Crippen LogP contribution in [0.25, 0.3) is 0 Å². The van der Waals surface area contributed by atoms with Crippen molar-refractivity contribution in [2.24, 2.45) is 10.9 Å². The molecule has 1 aromatic heterocycles. The third kappa shape index (κ3) is 6.62. The summed E-state index contributed by atoms with van der Waals surface area (Å²) >= 11 is 1.83. The summed E-state index contributed by atoms with van der Waals surface area (Å²) in [5.74, 6) is 1.65. The number of hydrogen-bond donors (Lipinski definition) is 2. The Hall–Kier alpha value is -1.03. The van der Waals surface area contributed by atoms with E-state index in [1.54, 1.807) is 0 Å². The van der Waals surface area contributed by atoms with Crippen LogP contribution in [0.3, 0.4) is 0 Å². The molecule has 1 heterocycles. The molecule has 0 fully saturated rings. The Bertz CT molecular complexity index is 396. The molecule has 1 unspecified atom stereocenters. The second kappa shape index (κ2) is 8.20. The van der Waals surface area contributed by atoms with Gasteiger partial charge in [0.2, 0.25) is 0 Å². The van der Waals surface area contributed by atoms with E-state index in [0.29, 0.717) is 6.04 Å². The molecule has 4 heteroatoms. The first-order chi connectivity index (χ1) is 9.01. The third-order valence-electron chi connectivity index (χ3n) is 3.01. The fourth-order valence-corrected chi connectivity index (χ4v) is 2.66. The van der Waals surface area contributed by atoms with Crippen molar-refractivity contribution >= 4 is 17.3 Å². The molecule has 19 heavy (non-hydrogen) atoms. The Morgan fingerprint density at radius 3 is 2.53 bits per heavy atom. The van der Waals surface area contributed by atoms with Gasteiger partial charge in [0.05, 0.1) is 6.54 Å². The van der Waals surface area contributed by atoms with Gasteiger partial charge in [0, 0.05) is 22.8 Å². The van der Waals surface area contributed by atoms with E-state index in [0.717, 1.165) is 18.4 Å². The van der Waals surface area contributed by atoms with Crippen LogP contribution in [-0.2, 0) is 6.54 Å². The van der Waals surface area contributed by atoms with Crippen LogP contribution in [0.5, 0.6) is 0 Å². The second-order valence-corrected chi connectivity index (χ2v) is 6.83. The van der Waals surface area contributed by atoms with Crippen molar-refractivity contribution in [3.8, 4) is 0 Å². The Kier molecular flexibility index (Phi) is 6.92. The number of guanidine groups is 1. The highest BCUT2D eigenvalue weighted by Gasteiger charge is 2.06. The maximum Gasteiger partial charge on any atom is 0.191 e. The van der Waals surface area contributed by atoms with Crippen LogP contribution in [0.4, 0.5) is 0 Å². The van der Waals surface area contributed by atoms with Crippen LogP contribution in [0, 0.1) is 12.8 Å². The summed E-state index contributed by atoms with van der Waals surface area (Å²) in [6.45, 7) is 9.71. The Balaban J connectivity index is 2.33. The fraction of sp³-hybridized carbons (Fsp3) is 0.667. The van der Waals surface area contributed by atoms with Gasteiger partial charge in [0.25, 0.3) is 0 Å². The number of rotatable bonds is 6. The topological polar surface area (TPSA) is 36.4 Å². The molecule has 1 rings (SSSR count). The summed E-state index contributed by atoms with van der Waals surface area (Å²) in [5, 5.41) is 6.81. The first-order valence-electron chi connectivity index (χ1n) is 7.03. The Labute approximate surface area is 121 Å². The van der Waals surface area contributed by atoms with Gasteiger partial charge in [0.15, 0.2) is 5.96 Å². The number of thiophene rings is 1. The highest BCUT2D eigenvalue weighted by atomic mass is 32.1. The van der Waals surface area contributed by atoms with Gasteiger partial charge in [0.1, 0.15) is 0 Å². The van der Waals surface area contributed by atoms with Crippen molar-refractivity contribution in [2.45, 2.75) is 53.1 Å². The molecular formula is C15H27N3S. The number of aryl methyl sites for hydroxylation is 1. The van der Waals surface area contributed by atoms with E-state index < -0.39 is 0 Å². The maximum absolute atomic E-state index is 4.28. The summed E-state index contributed by atoms with van der Waals surface area (Å²) in [6, 6.07) is 4.78. The predicted molar refractivity (Wildman–Crippen MR) is 85.9 cm³/mol.